The molecule has 0 aliphatic carbocycles. The van der Waals surface area contributed by atoms with Gasteiger partial charge in [-0.2, -0.15) is 0 Å². The second kappa shape index (κ2) is 7.41. The number of Topliss-reactive ketones (excluding diaryl/α,β-unsaturated/α-hetero) is 1. The van der Waals surface area contributed by atoms with Crippen LogP contribution in [0, 0.1) is 0 Å². The number of aromatic nitrogens is 1. The summed E-state index contributed by atoms with van der Waals surface area (Å²) in [5, 5.41) is 11.1. The molecule has 0 saturated carbocycles. The van der Waals surface area contributed by atoms with Crippen LogP contribution in [0.15, 0.2) is 82.7 Å². The van der Waals surface area contributed by atoms with Crippen LogP contribution in [-0.4, -0.2) is 28.9 Å². The van der Waals surface area contributed by atoms with E-state index in [4.69, 9.17) is 9.15 Å². The van der Waals surface area contributed by atoms with Crippen molar-refractivity contribution in [1.29, 1.82) is 0 Å². The second-order valence-corrected chi connectivity index (χ2v) is 7.90. The largest absolute Gasteiger partial charge is 0.503 e. The lowest BCUT2D eigenvalue weighted by Gasteiger charge is -2.24. The average molecular weight is 432 g/mol. The van der Waals surface area contributed by atoms with E-state index in [9.17, 15) is 14.7 Å². The summed E-state index contributed by atoms with van der Waals surface area (Å²) < 4.78 is 11.3. The Morgan fingerprint density at radius 3 is 2.68 bits per heavy atom. The number of furan rings is 1. The number of aliphatic hydroxyl groups is 1. The fraction of sp³-hybridized carbons (Fsp3) is 0.0870. The molecular formula is C23H16N2O5S. The Kier molecular flexibility index (Phi) is 4.56. The molecule has 0 bridgehead atoms. The first kappa shape index (κ1) is 19.1. The zero-order valence-corrected chi connectivity index (χ0v) is 17.1. The number of anilines is 1. The number of carbonyl (C=O) groups is 2. The summed E-state index contributed by atoms with van der Waals surface area (Å²) >= 11 is 1.28. The second-order valence-electron chi connectivity index (χ2n) is 6.89. The Balaban J connectivity index is 1.66. The molecule has 0 radical (unpaired) electrons. The number of ketones is 1. The van der Waals surface area contributed by atoms with Crippen LogP contribution in [0.3, 0.4) is 0 Å². The smallest absolute Gasteiger partial charge is 0.296 e. The Bertz CT molecular complexity index is 1320. The van der Waals surface area contributed by atoms with Gasteiger partial charge in [-0.25, -0.2) is 4.98 Å². The van der Waals surface area contributed by atoms with Crippen molar-refractivity contribution in [3.05, 3.63) is 89.6 Å². The highest BCUT2D eigenvalue weighted by atomic mass is 32.1. The van der Waals surface area contributed by atoms with E-state index in [1.54, 1.807) is 37.4 Å². The van der Waals surface area contributed by atoms with E-state index < -0.39 is 23.5 Å². The summed E-state index contributed by atoms with van der Waals surface area (Å²) in [5.74, 6) is -1.12. The fourth-order valence-corrected chi connectivity index (χ4v) is 4.67. The highest BCUT2D eigenvalue weighted by Crippen LogP contribution is 2.44. The number of amides is 1. The van der Waals surface area contributed by atoms with Gasteiger partial charge in [0.2, 0.25) is 5.78 Å². The number of aliphatic hydroxyl groups excluding tert-OH is 1. The number of thiazole rings is 1. The van der Waals surface area contributed by atoms with Gasteiger partial charge in [-0.1, -0.05) is 41.7 Å². The van der Waals surface area contributed by atoms with Crippen molar-refractivity contribution in [2.45, 2.75) is 6.04 Å². The third-order valence-electron chi connectivity index (χ3n) is 5.10. The quantitative estimate of drug-likeness (QED) is 0.460. The minimum atomic E-state index is -0.839. The third kappa shape index (κ3) is 3.08. The van der Waals surface area contributed by atoms with Gasteiger partial charge in [0.15, 0.2) is 16.7 Å². The van der Waals surface area contributed by atoms with Gasteiger partial charge in [-0.15, -0.1) is 0 Å². The Morgan fingerprint density at radius 2 is 1.97 bits per heavy atom. The van der Waals surface area contributed by atoms with E-state index in [1.165, 1.54) is 28.6 Å². The Hall–Kier alpha value is -3.91. The maximum absolute atomic E-state index is 13.2. The first-order chi connectivity index (χ1) is 15.1. The van der Waals surface area contributed by atoms with Gasteiger partial charge in [0, 0.05) is 0 Å². The molecular weight excluding hydrogens is 416 g/mol. The van der Waals surface area contributed by atoms with Crippen molar-refractivity contribution in [3.63, 3.8) is 0 Å². The Labute approximate surface area is 180 Å². The van der Waals surface area contributed by atoms with Crippen LogP contribution >= 0.6 is 11.3 Å². The number of fused-ring (bicyclic) bond motifs is 1. The molecule has 1 aliphatic heterocycles. The molecule has 0 spiro atoms. The normalized spacial score (nSPS) is 16.4. The van der Waals surface area contributed by atoms with Gasteiger partial charge >= 0.3 is 0 Å². The van der Waals surface area contributed by atoms with Crippen LogP contribution in [-0.2, 0) is 4.79 Å². The van der Waals surface area contributed by atoms with Crippen LogP contribution < -0.4 is 9.64 Å². The van der Waals surface area contributed by atoms with E-state index in [2.05, 4.69) is 4.98 Å². The molecule has 2 aromatic heterocycles. The van der Waals surface area contributed by atoms with Gasteiger partial charge in [0.05, 0.1) is 35.2 Å². The Morgan fingerprint density at radius 1 is 1.16 bits per heavy atom. The van der Waals surface area contributed by atoms with E-state index in [1.807, 2.05) is 24.3 Å². The summed E-state index contributed by atoms with van der Waals surface area (Å²) in [6.45, 7) is 0. The standard InChI is InChI=1S/C23H16N2O5S/c1-29-14-9-10-15-17(12-14)31-23(24-15)25-19(13-6-3-2-4-7-13)18(21(27)22(25)28)20(26)16-8-5-11-30-16/h2-12,19,27H,1H3/t19-/m1/s1. The molecule has 3 heterocycles. The fourth-order valence-electron chi connectivity index (χ4n) is 3.65. The highest BCUT2D eigenvalue weighted by molar-refractivity contribution is 7.22. The molecule has 0 saturated heterocycles. The topological polar surface area (TPSA) is 92.9 Å². The molecule has 7 nitrogen and oxygen atoms in total. The molecule has 8 heteroatoms. The number of benzene rings is 2. The lowest BCUT2D eigenvalue weighted by molar-refractivity contribution is -0.117. The predicted octanol–water partition coefficient (Wildman–Crippen LogP) is 4.68. The molecule has 31 heavy (non-hydrogen) atoms. The van der Waals surface area contributed by atoms with Crippen molar-refractivity contribution in [2.24, 2.45) is 0 Å². The predicted molar refractivity (Wildman–Crippen MR) is 116 cm³/mol. The summed E-state index contributed by atoms with van der Waals surface area (Å²) in [4.78, 5) is 32.2. The first-order valence-electron chi connectivity index (χ1n) is 9.43. The van der Waals surface area contributed by atoms with Crippen LogP contribution in [0.5, 0.6) is 5.75 Å². The summed E-state index contributed by atoms with van der Waals surface area (Å²) in [5.41, 5.74) is 1.32. The lowest BCUT2D eigenvalue weighted by Crippen LogP contribution is -2.30. The molecule has 154 valence electrons. The molecule has 1 atom stereocenters. The van der Waals surface area contributed by atoms with Crippen molar-refractivity contribution >= 4 is 38.4 Å². The number of hydrogen-bond donors (Lipinski definition) is 1. The summed E-state index contributed by atoms with van der Waals surface area (Å²) in [6, 6.07) is 16.7. The van der Waals surface area contributed by atoms with Gasteiger partial charge in [-0.3, -0.25) is 14.5 Å². The monoisotopic (exact) mass is 432 g/mol. The molecule has 0 unspecified atom stereocenters. The SMILES string of the molecule is COc1ccc2nc(N3C(=O)C(O)=C(C(=O)c4ccco4)[C@H]3c3ccccc3)sc2c1. The zero-order chi connectivity index (χ0) is 21.5. The maximum Gasteiger partial charge on any atom is 0.296 e. The van der Waals surface area contributed by atoms with Crippen molar-refractivity contribution in [1.82, 2.24) is 4.98 Å². The van der Waals surface area contributed by atoms with Crippen LogP contribution in [0.1, 0.15) is 22.2 Å². The number of carbonyl (C=O) groups excluding carboxylic acids is 2. The molecule has 1 amide bonds. The minimum absolute atomic E-state index is 0.0389. The zero-order valence-electron chi connectivity index (χ0n) is 16.3. The van der Waals surface area contributed by atoms with Gasteiger partial charge in [0.1, 0.15) is 5.75 Å². The molecule has 1 N–H and O–H groups in total. The number of hydrogen-bond acceptors (Lipinski definition) is 7. The third-order valence-corrected chi connectivity index (χ3v) is 6.12. The highest BCUT2D eigenvalue weighted by Gasteiger charge is 2.46. The van der Waals surface area contributed by atoms with Crippen LogP contribution in [0.2, 0.25) is 0 Å². The van der Waals surface area contributed by atoms with Gasteiger partial charge in [-0.05, 0) is 35.9 Å². The number of methoxy groups -OCH3 is 1. The lowest BCUT2D eigenvalue weighted by atomic mass is 9.95. The van der Waals surface area contributed by atoms with E-state index in [0.29, 0.717) is 22.0 Å². The number of nitrogens with zero attached hydrogens (tertiary/aromatic N) is 2. The summed E-state index contributed by atoms with van der Waals surface area (Å²) in [7, 11) is 1.58. The minimum Gasteiger partial charge on any atom is -0.503 e. The van der Waals surface area contributed by atoms with Gasteiger partial charge in [0.25, 0.3) is 5.91 Å². The van der Waals surface area contributed by atoms with E-state index >= 15 is 0 Å². The van der Waals surface area contributed by atoms with E-state index in [-0.39, 0.29) is 11.3 Å². The number of ether oxygens (including phenoxy) is 1. The molecule has 0 fully saturated rings. The first-order valence-corrected chi connectivity index (χ1v) is 10.2. The van der Waals surface area contributed by atoms with Crippen molar-refractivity contribution in [3.8, 4) is 5.75 Å². The average Bonchev–Trinajstić information content (AvgIpc) is 3.52. The maximum atomic E-state index is 13.2. The number of rotatable bonds is 5. The van der Waals surface area contributed by atoms with Crippen LogP contribution in [0.4, 0.5) is 5.13 Å². The molecule has 4 aromatic rings. The molecule has 1 aliphatic rings. The van der Waals surface area contributed by atoms with E-state index in [0.717, 1.165) is 4.70 Å². The molecule has 2 aromatic carbocycles. The molecule has 5 rings (SSSR count). The summed E-state index contributed by atoms with van der Waals surface area (Å²) in [6.07, 6.45) is 1.37. The van der Waals surface area contributed by atoms with Crippen molar-refractivity contribution < 1.29 is 23.8 Å². The van der Waals surface area contributed by atoms with Crippen molar-refractivity contribution in [2.75, 3.05) is 12.0 Å². The van der Waals surface area contributed by atoms with Crippen LogP contribution in [0.25, 0.3) is 10.2 Å². The van der Waals surface area contributed by atoms with Gasteiger partial charge < -0.3 is 14.3 Å².